The molecule has 0 heterocycles. The Morgan fingerprint density at radius 1 is 1.11 bits per heavy atom. The Labute approximate surface area is 113 Å². The lowest BCUT2D eigenvalue weighted by molar-refractivity contribution is -0.137. The second-order valence-corrected chi connectivity index (χ2v) is 4.67. The van der Waals surface area contributed by atoms with Gasteiger partial charge in [-0.3, -0.25) is 0 Å². The lowest BCUT2D eigenvalue weighted by atomic mass is 10.0. The van der Waals surface area contributed by atoms with Gasteiger partial charge in [0.25, 0.3) is 0 Å². The van der Waals surface area contributed by atoms with E-state index in [0.29, 0.717) is 21.8 Å². The third-order valence-electron chi connectivity index (χ3n) is 2.86. The number of halogens is 4. The summed E-state index contributed by atoms with van der Waals surface area (Å²) in [6.45, 7) is 1.78. The Morgan fingerprint density at radius 2 is 1.79 bits per heavy atom. The summed E-state index contributed by atoms with van der Waals surface area (Å²) >= 11 is 6.04. The second kappa shape index (κ2) is 4.78. The molecule has 0 saturated carbocycles. The molecule has 0 aromatic heterocycles. The van der Waals surface area contributed by atoms with Crippen molar-refractivity contribution in [2.75, 3.05) is 5.73 Å². The van der Waals surface area contributed by atoms with Gasteiger partial charge >= 0.3 is 6.18 Å². The summed E-state index contributed by atoms with van der Waals surface area (Å²) in [4.78, 5) is 0. The number of nitrogens with two attached hydrogens (primary N) is 1. The van der Waals surface area contributed by atoms with E-state index in [9.17, 15) is 13.2 Å². The Bertz CT molecular complexity index is 621. The smallest absolute Gasteiger partial charge is 0.398 e. The van der Waals surface area contributed by atoms with E-state index < -0.39 is 11.7 Å². The van der Waals surface area contributed by atoms with E-state index in [1.54, 1.807) is 25.1 Å². The minimum absolute atomic E-state index is 0.336. The molecule has 19 heavy (non-hydrogen) atoms. The van der Waals surface area contributed by atoms with Crippen LogP contribution in [-0.2, 0) is 6.18 Å². The molecule has 0 bridgehead atoms. The summed E-state index contributed by atoms with van der Waals surface area (Å²) in [6, 6.07) is 8.30. The molecule has 0 aliphatic carbocycles. The summed E-state index contributed by atoms with van der Waals surface area (Å²) in [7, 11) is 0. The standard InChI is InChI=1S/C14H11ClF3N/c1-8-5-11(12(15)7-13(8)19)9-3-2-4-10(6-9)14(16,17)18/h2-7H,19H2,1H3. The molecule has 1 nitrogen and oxygen atoms in total. The van der Waals surface area contributed by atoms with Crippen molar-refractivity contribution >= 4 is 17.3 Å². The normalized spacial score (nSPS) is 11.6. The third-order valence-corrected chi connectivity index (χ3v) is 3.17. The number of rotatable bonds is 1. The first-order valence-corrected chi connectivity index (χ1v) is 5.90. The van der Waals surface area contributed by atoms with Crippen LogP contribution in [0.3, 0.4) is 0 Å². The SMILES string of the molecule is Cc1cc(-c2cccc(C(F)(F)F)c2)c(Cl)cc1N. The number of aryl methyl sites for hydroxylation is 1. The minimum atomic E-state index is -4.37. The van der Waals surface area contributed by atoms with Crippen molar-refractivity contribution in [1.29, 1.82) is 0 Å². The number of alkyl halides is 3. The average molecular weight is 286 g/mol. The van der Waals surface area contributed by atoms with Gasteiger partial charge in [0.15, 0.2) is 0 Å². The molecule has 0 saturated heterocycles. The molecule has 2 aromatic carbocycles. The lowest BCUT2D eigenvalue weighted by Crippen LogP contribution is -2.04. The van der Waals surface area contributed by atoms with Crippen molar-refractivity contribution < 1.29 is 13.2 Å². The van der Waals surface area contributed by atoms with Crippen molar-refractivity contribution in [3.8, 4) is 11.1 Å². The van der Waals surface area contributed by atoms with Gasteiger partial charge in [0.05, 0.1) is 10.6 Å². The van der Waals surface area contributed by atoms with Crippen molar-refractivity contribution in [1.82, 2.24) is 0 Å². The van der Waals surface area contributed by atoms with Gasteiger partial charge in [0, 0.05) is 11.3 Å². The summed E-state index contributed by atoms with van der Waals surface area (Å²) in [5.74, 6) is 0. The Kier molecular flexibility index (Phi) is 3.45. The van der Waals surface area contributed by atoms with Gasteiger partial charge in [0.2, 0.25) is 0 Å². The third kappa shape index (κ3) is 2.84. The Balaban J connectivity index is 2.57. The molecule has 100 valence electrons. The molecule has 0 aliphatic heterocycles. The number of benzene rings is 2. The van der Waals surface area contributed by atoms with Crippen molar-refractivity contribution in [2.24, 2.45) is 0 Å². The maximum absolute atomic E-state index is 12.7. The van der Waals surface area contributed by atoms with Crippen LogP contribution in [0.15, 0.2) is 36.4 Å². The van der Waals surface area contributed by atoms with Crippen LogP contribution in [0.2, 0.25) is 5.02 Å². The molecule has 2 rings (SSSR count). The quantitative estimate of drug-likeness (QED) is 0.740. The fraction of sp³-hybridized carbons (Fsp3) is 0.143. The highest BCUT2D eigenvalue weighted by molar-refractivity contribution is 6.33. The van der Waals surface area contributed by atoms with E-state index in [4.69, 9.17) is 17.3 Å². The maximum Gasteiger partial charge on any atom is 0.416 e. The van der Waals surface area contributed by atoms with Gasteiger partial charge in [0.1, 0.15) is 0 Å². The monoisotopic (exact) mass is 285 g/mol. The van der Waals surface area contributed by atoms with Crippen LogP contribution >= 0.6 is 11.6 Å². The van der Waals surface area contributed by atoms with Gasteiger partial charge in [-0.15, -0.1) is 0 Å². The summed E-state index contributed by atoms with van der Waals surface area (Å²) in [5.41, 5.74) is 7.25. The first-order chi connectivity index (χ1) is 8.79. The first kappa shape index (κ1) is 13.7. The maximum atomic E-state index is 12.7. The zero-order valence-corrected chi connectivity index (χ0v) is 10.8. The topological polar surface area (TPSA) is 26.0 Å². The van der Waals surface area contributed by atoms with Gasteiger partial charge in [-0.2, -0.15) is 13.2 Å². The predicted octanol–water partition coefficient (Wildman–Crippen LogP) is 4.92. The second-order valence-electron chi connectivity index (χ2n) is 4.27. The van der Waals surface area contributed by atoms with Gasteiger partial charge in [-0.05, 0) is 42.3 Å². The highest BCUT2D eigenvalue weighted by atomic mass is 35.5. The average Bonchev–Trinajstić information content (AvgIpc) is 2.33. The van der Waals surface area contributed by atoms with Gasteiger partial charge < -0.3 is 5.73 Å². The molecular formula is C14H11ClF3N. The number of anilines is 1. The van der Waals surface area contributed by atoms with Crippen molar-refractivity contribution in [3.05, 3.63) is 52.5 Å². The largest absolute Gasteiger partial charge is 0.416 e. The zero-order chi connectivity index (χ0) is 14.2. The molecular weight excluding hydrogens is 275 g/mol. The molecule has 0 aliphatic rings. The fourth-order valence-electron chi connectivity index (χ4n) is 1.78. The Morgan fingerprint density at radius 3 is 2.42 bits per heavy atom. The molecule has 0 atom stereocenters. The fourth-order valence-corrected chi connectivity index (χ4v) is 2.06. The van der Waals surface area contributed by atoms with E-state index in [2.05, 4.69) is 0 Å². The predicted molar refractivity (Wildman–Crippen MR) is 71.0 cm³/mol. The van der Waals surface area contributed by atoms with Crippen LogP contribution in [0.5, 0.6) is 0 Å². The number of nitrogen functional groups attached to an aromatic ring is 1. The first-order valence-electron chi connectivity index (χ1n) is 5.52. The molecule has 0 spiro atoms. The van der Waals surface area contributed by atoms with E-state index in [1.165, 1.54) is 6.07 Å². The van der Waals surface area contributed by atoms with Crippen LogP contribution in [-0.4, -0.2) is 0 Å². The molecule has 0 amide bonds. The number of hydrogen-bond acceptors (Lipinski definition) is 1. The van der Waals surface area contributed by atoms with Crippen molar-refractivity contribution in [2.45, 2.75) is 13.1 Å². The minimum Gasteiger partial charge on any atom is -0.398 e. The molecule has 0 radical (unpaired) electrons. The molecule has 0 fully saturated rings. The summed E-state index contributed by atoms with van der Waals surface area (Å²) < 4.78 is 38.0. The van der Waals surface area contributed by atoms with Crippen LogP contribution in [0.4, 0.5) is 18.9 Å². The summed E-state index contributed by atoms with van der Waals surface area (Å²) in [5, 5.41) is 0.336. The van der Waals surface area contributed by atoms with Crippen LogP contribution in [0.1, 0.15) is 11.1 Å². The van der Waals surface area contributed by atoms with Crippen molar-refractivity contribution in [3.63, 3.8) is 0 Å². The highest BCUT2D eigenvalue weighted by Crippen LogP contribution is 2.35. The van der Waals surface area contributed by atoms with E-state index in [0.717, 1.165) is 17.7 Å². The zero-order valence-electron chi connectivity index (χ0n) is 10.1. The van der Waals surface area contributed by atoms with Gasteiger partial charge in [-0.25, -0.2) is 0 Å². The van der Waals surface area contributed by atoms with Crippen LogP contribution in [0, 0.1) is 6.92 Å². The van der Waals surface area contributed by atoms with E-state index in [1.807, 2.05) is 0 Å². The lowest BCUT2D eigenvalue weighted by Gasteiger charge is -2.11. The van der Waals surface area contributed by atoms with Gasteiger partial charge in [-0.1, -0.05) is 23.7 Å². The van der Waals surface area contributed by atoms with Crippen LogP contribution in [0.25, 0.3) is 11.1 Å². The van der Waals surface area contributed by atoms with E-state index >= 15 is 0 Å². The molecule has 2 N–H and O–H groups in total. The summed E-state index contributed by atoms with van der Waals surface area (Å²) in [6.07, 6.45) is -4.37. The molecule has 0 unspecified atom stereocenters. The molecule has 2 aromatic rings. The van der Waals surface area contributed by atoms with E-state index in [-0.39, 0.29) is 0 Å². The highest BCUT2D eigenvalue weighted by Gasteiger charge is 2.30. The van der Waals surface area contributed by atoms with Crippen LogP contribution < -0.4 is 5.73 Å². The Hall–Kier alpha value is -1.68. The molecule has 5 heteroatoms. The number of hydrogen-bond donors (Lipinski definition) is 1.